The lowest BCUT2D eigenvalue weighted by molar-refractivity contribution is 0.678. The third kappa shape index (κ3) is 7.44. The Morgan fingerprint density at radius 3 is 2.80 bits per heavy atom. The van der Waals surface area contributed by atoms with Crippen molar-refractivity contribution >= 4 is 0 Å². The van der Waals surface area contributed by atoms with Crippen molar-refractivity contribution in [2.75, 3.05) is 13.1 Å². The molecule has 0 amide bonds. The highest BCUT2D eigenvalue weighted by molar-refractivity contribution is 4.96. The van der Waals surface area contributed by atoms with Gasteiger partial charge in [0.25, 0.3) is 0 Å². The molecule has 0 spiro atoms. The van der Waals surface area contributed by atoms with E-state index in [2.05, 4.69) is 24.9 Å². The van der Waals surface area contributed by atoms with Crippen LogP contribution in [0.1, 0.15) is 19.8 Å². The van der Waals surface area contributed by atoms with E-state index in [1.54, 1.807) is 6.08 Å². The van der Waals surface area contributed by atoms with Gasteiger partial charge in [0, 0.05) is 0 Å². The Morgan fingerprint density at radius 2 is 2.20 bits per heavy atom. The van der Waals surface area contributed by atoms with E-state index in [1.165, 1.54) is 6.42 Å². The molecule has 0 aliphatic carbocycles. The average Bonchev–Trinajstić information content (AvgIpc) is 1.97. The normalized spacial score (nSPS) is 10.5. The Kier molecular flexibility index (Phi) is 7.97. The Balaban J connectivity index is 2.90. The van der Waals surface area contributed by atoms with Crippen LogP contribution in [-0.4, -0.2) is 13.1 Å². The smallest absolute Gasteiger partial charge is 0.00142 e. The predicted molar refractivity (Wildman–Crippen MR) is 47.1 cm³/mol. The van der Waals surface area contributed by atoms with Gasteiger partial charge in [-0.1, -0.05) is 31.7 Å². The maximum Gasteiger partial charge on any atom is -0.00142 e. The summed E-state index contributed by atoms with van der Waals surface area (Å²) in [6.07, 6.45) is 8.22. The van der Waals surface area contributed by atoms with Crippen LogP contribution in [0.3, 0.4) is 0 Å². The fraction of sp³-hybridized carbons (Fsp3) is 0.556. The molecule has 1 nitrogen and oxygen atoms in total. The molecule has 0 saturated heterocycles. The van der Waals surface area contributed by atoms with Gasteiger partial charge in [-0.25, -0.2) is 0 Å². The van der Waals surface area contributed by atoms with Gasteiger partial charge in [-0.05, 0) is 25.9 Å². The Morgan fingerprint density at radius 1 is 1.40 bits per heavy atom. The lowest BCUT2D eigenvalue weighted by Gasteiger charge is -1.97. The van der Waals surface area contributed by atoms with E-state index in [-0.39, 0.29) is 0 Å². The van der Waals surface area contributed by atoms with Gasteiger partial charge in [0.1, 0.15) is 0 Å². The molecule has 0 aromatic heterocycles. The lowest BCUT2D eigenvalue weighted by Crippen LogP contribution is -2.14. The van der Waals surface area contributed by atoms with Gasteiger partial charge in [0.15, 0.2) is 0 Å². The lowest BCUT2D eigenvalue weighted by atomic mass is 10.3. The minimum atomic E-state index is 1.08. The summed E-state index contributed by atoms with van der Waals surface area (Å²) in [4.78, 5) is 0. The molecule has 0 saturated carbocycles. The SMILES string of the molecule is C=CC=CCCNCCC. The maximum atomic E-state index is 3.59. The van der Waals surface area contributed by atoms with Crippen molar-refractivity contribution in [3.63, 3.8) is 0 Å². The van der Waals surface area contributed by atoms with Gasteiger partial charge < -0.3 is 5.32 Å². The molecule has 0 aliphatic rings. The summed E-state index contributed by atoms with van der Waals surface area (Å²) in [5.41, 5.74) is 0. The van der Waals surface area contributed by atoms with Gasteiger partial charge in [-0.15, -0.1) is 0 Å². The molecule has 0 radical (unpaired) electrons. The first-order chi connectivity index (χ1) is 4.91. The van der Waals surface area contributed by atoms with Crippen LogP contribution in [0, 0.1) is 0 Å². The highest BCUT2D eigenvalue weighted by Gasteiger charge is 1.79. The van der Waals surface area contributed by atoms with Crippen molar-refractivity contribution in [3.8, 4) is 0 Å². The van der Waals surface area contributed by atoms with Gasteiger partial charge in [0.2, 0.25) is 0 Å². The largest absolute Gasteiger partial charge is 0.316 e. The minimum absolute atomic E-state index is 1.08. The maximum absolute atomic E-state index is 3.59. The second-order valence-corrected chi connectivity index (χ2v) is 2.20. The fourth-order valence-electron chi connectivity index (χ4n) is 0.680. The van der Waals surface area contributed by atoms with Crippen LogP contribution in [0.2, 0.25) is 0 Å². The van der Waals surface area contributed by atoms with E-state index in [9.17, 15) is 0 Å². The topological polar surface area (TPSA) is 12.0 Å². The highest BCUT2D eigenvalue weighted by Crippen LogP contribution is 1.80. The molecule has 1 N–H and O–H groups in total. The molecular formula is C9H17N. The van der Waals surface area contributed by atoms with Crippen molar-refractivity contribution in [2.45, 2.75) is 19.8 Å². The van der Waals surface area contributed by atoms with Crippen LogP contribution < -0.4 is 5.32 Å². The molecular weight excluding hydrogens is 122 g/mol. The van der Waals surface area contributed by atoms with Crippen LogP contribution in [-0.2, 0) is 0 Å². The zero-order valence-corrected chi connectivity index (χ0v) is 6.77. The summed E-state index contributed by atoms with van der Waals surface area (Å²) in [5.74, 6) is 0. The van der Waals surface area contributed by atoms with Crippen LogP contribution in [0.25, 0.3) is 0 Å². The van der Waals surface area contributed by atoms with Gasteiger partial charge in [-0.2, -0.15) is 0 Å². The van der Waals surface area contributed by atoms with Crippen molar-refractivity contribution in [2.24, 2.45) is 0 Å². The average molecular weight is 139 g/mol. The molecule has 0 aromatic carbocycles. The Bertz CT molecular complexity index is 94.9. The first-order valence-corrected chi connectivity index (χ1v) is 3.90. The summed E-state index contributed by atoms with van der Waals surface area (Å²) in [5, 5.41) is 3.31. The van der Waals surface area contributed by atoms with Crippen LogP contribution >= 0.6 is 0 Å². The Hall–Kier alpha value is -0.560. The number of allylic oxidation sites excluding steroid dienone is 2. The Labute approximate surface area is 63.8 Å². The van der Waals surface area contributed by atoms with E-state index in [4.69, 9.17) is 0 Å². The van der Waals surface area contributed by atoms with E-state index < -0.39 is 0 Å². The summed E-state index contributed by atoms with van der Waals surface area (Å²) in [6, 6.07) is 0. The molecule has 0 aromatic rings. The fourth-order valence-corrected chi connectivity index (χ4v) is 0.680. The quantitative estimate of drug-likeness (QED) is 0.439. The minimum Gasteiger partial charge on any atom is -0.316 e. The van der Waals surface area contributed by atoms with Crippen LogP contribution in [0.4, 0.5) is 0 Å². The second kappa shape index (κ2) is 8.44. The summed E-state index contributed by atoms with van der Waals surface area (Å²) < 4.78 is 0. The van der Waals surface area contributed by atoms with Gasteiger partial charge in [-0.3, -0.25) is 0 Å². The van der Waals surface area contributed by atoms with E-state index in [0.29, 0.717) is 0 Å². The van der Waals surface area contributed by atoms with Crippen molar-refractivity contribution in [1.29, 1.82) is 0 Å². The predicted octanol–water partition coefficient (Wildman–Crippen LogP) is 2.12. The summed E-state index contributed by atoms with van der Waals surface area (Å²) >= 11 is 0. The molecule has 0 fully saturated rings. The van der Waals surface area contributed by atoms with Crippen LogP contribution in [0.5, 0.6) is 0 Å². The van der Waals surface area contributed by atoms with E-state index in [0.717, 1.165) is 19.5 Å². The van der Waals surface area contributed by atoms with Gasteiger partial charge >= 0.3 is 0 Å². The summed E-state index contributed by atoms with van der Waals surface area (Å²) in [7, 11) is 0. The monoisotopic (exact) mass is 139 g/mol. The summed E-state index contributed by atoms with van der Waals surface area (Å²) in [6.45, 7) is 7.97. The first-order valence-electron chi connectivity index (χ1n) is 3.90. The zero-order chi connectivity index (χ0) is 7.66. The molecule has 1 heteroatoms. The number of rotatable bonds is 6. The molecule has 10 heavy (non-hydrogen) atoms. The van der Waals surface area contributed by atoms with Crippen molar-refractivity contribution < 1.29 is 0 Å². The van der Waals surface area contributed by atoms with Crippen molar-refractivity contribution in [3.05, 3.63) is 24.8 Å². The standard InChI is InChI=1S/C9H17N/c1-3-5-6-7-9-10-8-4-2/h3,5-6,10H,1,4,7-9H2,2H3. The molecule has 0 heterocycles. The highest BCUT2D eigenvalue weighted by atomic mass is 14.8. The molecule has 0 aliphatic heterocycles. The van der Waals surface area contributed by atoms with Crippen LogP contribution in [0.15, 0.2) is 24.8 Å². The number of hydrogen-bond donors (Lipinski definition) is 1. The van der Waals surface area contributed by atoms with Crippen molar-refractivity contribution in [1.82, 2.24) is 5.32 Å². The molecule has 0 atom stereocenters. The zero-order valence-electron chi connectivity index (χ0n) is 6.77. The van der Waals surface area contributed by atoms with E-state index >= 15 is 0 Å². The molecule has 0 bridgehead atoms. The van der Waals surface area contributed by atoms with Gasteiger partial charge in [0.05, 0.1) is 0 Å². The number of nitrogens with one attached hydrogen (secondary N) is 1. The molecule has 0 rings (SSSR count). The third-order valence-corrected chi connectivity index (χ3v) is 1.19. The third-order valence-electron chi connectivity index (χ3n) is 1.19. The molecule has 58 valence electrons. The molecule has 0 unspecified atom stereocenters. The second-order valence-electron chi connectivity index (χ2n) is 2.20. The first kappa shape index (κ1) is 9.44. The number of hydrogen-bond acceptors (Lipinski definition) is 1. The van der Waals surface area contributed by atoms with E-state index in [1.807, 2.05) is 6.08 Å².